The van der Waals surface area contributed by atoms with E-state index in [1.807, 2.05) is 54.6 Å². The minimum atomic E-state index is 0.476. The van der Waals surface area contributed by atoms with Gasteiger partial charge in [0.15, 0.2) is 0 Å². The van der Waals surface area contributed by atoms with Gasteiger partial charge in [0, 0.05) is 10.9 Å². The van der Waals surface area contributed by atoms with Crippen molar-refractivity contribution in [2.75, 3.05) is 5.73 Å². The molecule has 2 N–H and O–H groups in total. The number of rotatable bonds is 4. The molecule has 4 rings (SSSR count). The fraction of sp³-hybridized carbons (Fsp3) is 0.0588. The number of nitrogens with zero attached hydrogens (tertiary/aromatic N) is 4. The third kappa shape index (κ3) is 2.93. The molecule has 24 heavy (non-hydrogen) atoms. The van der Waals surface area contributed by atoms with Crippen LogP contribution in [0.1, 0.15) is 5.82 Å². The second-order valence-electron chi connectivity index (χ2n) is 5.07. The number of thioether (sulfide) groups is 1. The number of anilines is 1. The lowest BCUT2D eigenvalue weighted by Crippen LogP contribution is -1.99. The molecule has 0 fully saturated rings. The topological polar surface area (TPSA) is 90.7 Å². The second-order valence-corrected chi connectivity index (χ2v) is 6.00. The highest BCUT2D eigenvalue weighted by atomic mass is 32.2. The van der Waals surface area contributed by atoms with Crippen molar-refractivity contribution < 1.29 is 4.42 Å². The summed E-state index contributed by atoms with van der Waals surface area (Å²) in [6.07, 6.45) is 0. The third-order valence-corrected chi connectivity index (χ3v) is 4.25. The first kappa shape index (κ1) is 14.6. The summed E-state index contributed by atoms with van der Waals surface area (Å²) in [6.45, 7) is 0. The van der Waals surface area contributed by atoms with E-state index in [0.29, 0.717) is 28.5 Å². The quantitative estimate of drug-likeness (QED) is 0.570. The monoisotopic (exact) mass is 335 g/mol. The van der Waals surface area contributed by atoms with E-state index >= 15 is 0 Å². The van der Waals surface area contributed by atoms with E-state index in [4.69, 9.17) is 10.2 Å². The summed E-state index contributed by atoms with van der Waals surface area (Å²) in [5.41, 5.74) is 7.72. The molecule has 6 nitrogen and oxygen atoms in total. The van der Waals surface area contributed by atoms with Crippen molar-refractivity contribution in [3.63, 3.8) is 0 Å². The molecule has 0 bridgehead atoms. The smallest absolute Gasteiger partial charge is 0.277 e. The normalized spacial score (nSPS) is 11.0. The highest BCUT2D eigenvalue weighted by molar-refractivity contribution is 7.98. The van der Waals surface area contributed by atoms with E-state index in [1.165, 1.54) is 11.8 Å². The van der Waals surface area contributed by atoms with Gasteiger partial charge in [-0.3, -0.25) is 0 Å². The summed E-state index contributed by atoms with van der Waals surface area (Å²) in [5.74, 6) is 2.12. The van der Waals surface area contributed by atoms with Crippen LogP contribution >= 0.6 is 11.8 Å². The van der Waals surface area contributed by atoms with Crippen molar-refractivity contribution in [3.05, 3.63) is 60.4 Å². The van der Waals surface area contributed by atoms with Crippen LogP contribution in [0.15, 0.2) is 64.2 Å². The molecule has 7 heteroatoms. The van der Waals surface area contributed by atoms with Crippen molar-refractivity contribution in [1.29, 1.82) is 0 Å². The van der Waals surface area contributed by atoms with Gasteiger partial charge in [-0.25, -0.2) is 9.97 Å². The van der Waals surface area contributed by atoms with E-state index in [9.17, 15) is 0 Å². The van der Waals surface area contributed by atoms with Crippen molar-refractivity contribution in [1.82, 2.24) is 20.2 Å². The van der Waals surface area contributed by atoms with Gasteiger partial charge in [-0.1, -0.05) is 42.1 Å². The summed E-state index contributed by atoms with van der Waals surface area (Å²) < 4.78 is 5.66. The van der Waals surface area contributed by atoms with Gasteiger partial charge in [0.1, 0.15) is 11.6 Å². The zero-order valence-corrected chi connectivity index (χ0v) is 13.4. The number of aromatic nitrogens is 4. The Kier molecular flexibility index (Phi) is 3.84. The minimum Gasteiger partial charge on any atom is -0.411 e. The molecule has 0 aliphatic heterocycles. The zero-order valence-electron chi connectivity index (χ0n) is 12.6. The molecular formula is C17H13N5OS. The van der Waals surface area contributed by atoms with Gasteiger partial charge >= 0.3 is 0 Å². The highest BCUT2D eigenvalue weighted by Gasteiger charge is 2.11. The Labute approximate surface area is 142 Å². The summed E-state index contributed by atoms with van der Waals surface area (Å²) in [5, 5.41) is 9.45. The zero-order chi connectivity index (χ0) is 16.4. The predicted molar refractivity (Wildman–Crippen MR) is 93.2 cm³/mol. The maximum Gasteiger partial charge on any atom is 0.277 e. The second kappa shape index (κ2) is 6.29. The Balaban J connectivity index is 1.52. The molecule has 0 saturated carbocycles. The van der Waals surface area contributed by atoms with Crippen LogP contribution < -0.4 is 5.73 Å². The number of para-hydroxylation sites is 1. The van der Waals surface area contributed by atoms with Crippen LogP contribution in [0, 0.1) is 0 Å². The number of hydrogen-bond donors (Lipinski definition) is 1. The molecule has 0 amide bonds. The Hall–Kier alpha value is -2.93. The first-order valence-corrected chi connectivity index (χ1v) is 8.31. The van der Waals surface area contributed by atoms with Crippen molar-refractivity contribution in [2.24, 2.45) is 0 Å². The van der Waals surface area contributed by atoms with Gasteiger partial charge in [-0.2, -0.15) is 0 Å². The standard InChI is InChI=1S/C17H13N5OS/c18-15-12-8-4-5-9-13(12)19-14(20-15)10-24-17-22-21-16(23-17)11-6-2-1-3-7-11/h1-9H,10H2,(H2,18,19,20). The van der Waals surface area contributed by atoms with Crippen LogP contribution in [-0.4, -0.2) is 20.2 Å². The van der Waals surface area contributed by atoms with Crippen LogP contribution in [0.5, 0.6) is 0 Å². The van der Waals surface area contributed by atoms with Crippen LogP contribution in [-0.2, 0) is 5.75 Å². The predicted octanol–water partition coefficient (Wildman–Crippen LogP) is 3.55. The third-order valence-electron chi connectivity index (χ3n) is 3.43. The lowest BCUT2D eigenvalue weighted by atomic mass is 10.2. The Morgan fingerprint density at radius 1 is 0.917 bits per heavy atom. The van der Waals surface area contributed by atoms with Gasteiger partial charge in [-0.15, -0.1) is 10.2 Å². The maximum absolute atomic E-state index is 5.99. The minimum absolute atomic E-state index is 0.476. The fourth-order valence-electron chi connectivity index (χ4n) is 2.31. The molecule has 0 aliphatic carbocycles. The van der Waals surface area contributed by atoms with Gasteiger partial charge in [0.2, 0.25) is 5.89 Å². The van der Waals surface area contributed by atoms with Crippen LogP contribution in [0.2, 0.25) is 0 Å². The molecule has 0 spiro atoms. The molecule has 0 radical (unpaired) electrons. The summed E-state index contributed by atoms with van der Waals surface area (Å²) in [4.78, 5) is 8.85. The molecule has 0 aliphatic rings. The molecule has 2 aromatic heterocycles. The summed E-state index contributed by atoms with van der Waals surface area (Å²) in [6, 6.07) is 17.3. The average molecular weight is 335 g/mol. The van der Waals surface area contributed by atoms with Gasteiger partial charge in [0.25, 0.3) is 5.22 Å². The maximum atomic E-state index is 5.99. The molecule has 2 aromatic carbocycles. The summed E-state index contributed by atoms with van der Waals surface area (Å²) in [7, 11) is 0. The molecule has 0 atom stereocenters. The lowest BCUT2D eigenvalue weighted by molar-refractivity contribution is 0.465. The van der Waals surface area contributed by atoms with E-state index < -0.39 is 0 Å². The molecule has 0 unspecified atom stereocenters. The molecule has 2 heterocycles. The van der Waals surface area contributed by atoms with E-state index in [1.54, 1.807) is 0 Å². The van der Waals surface area contributed by atoms with Crippen LogP contribution in [0.25, 0.3) is 22.4 Å². The number of hydrogen-bond acceptors (Lipinski definition) is 7. The SMILES string of the molecule is Nc1nc(CSc2nnc(-c3ccccc3)o2)nc2ccccc12. The molecule has 4 aromatic rings. The molecule has 118 valence electrons. The van der Waals surface area contributed by atoms with E-state index in [2.05, 4.69) is 20.2 Å². The van der Waals surface area contributed by atoms with E-state index in [0.717, 1.165) is 16.5 Å². The van der Waals surface area contributed by atoms with Gasteiger partial charge in [-0.05, 0) is 24.3 Å². The number of nitrogen functional groups attached to an aromatic ring is 1. The Morgan fingerprint density at radius 3 is 2.58 bits per heavy atom. The lowest BCUT2D eigenvalue weighted by Gasteiger charge is -2.03. The highest BCUT2D eigenvalue weighted by Crippen LogP contribution is 2.26. The number of fused-ring (bicyclic) bond motifs is 1. The first-order valence-electron chi connectivity index (χ1n) is 7.32. The van der Waals surface area contributed by atoms with Gasteiger partial charge in [0.05, 0.1) is 11.3 Å². The molecular weight excluding hydrogens is 322 g/mol. The molecule has 0 saturated heterocycles. The van der Waals surface area contributed by atoms with Crippen molar-refractivity contribution >= 4 is 28.5 Å². The van der Waals surface area contributed by atoms with Crippen LogP contribution in [0.4, 0.5) is 5.82 Å². The van der Waals surface area contributed by atoms with Crippen molar-refractivity contribution in [2.45, 2.75) is 11.0 Å². The first-order chi connectivity index (χ1) is 11.8. The summed E-state index contributed by atoms with van der Waals surface area (Å²) >= 11 is 1.39. The fourth-order valence-corrected chi connectivity index (χ4v) is 2.93. The van der Waals surface area contributed by atoms with Crippen LogP contribution in [0.3, 0.4) is 0 Å². The largest absolute Gasteiger partial charge is 0.411 e. The van der Waals surface area contributed by atoms with Gasteiger partial charge < -0.3 is 10.2 Å². The van der Waals surface area contributed by atoms with Crippen molar-refractivity contribution in [3.8, 4) is 11.5 Å². The Morgan fingerprint density at radius 2 is 1.71 bits per heavy atom. The van der Waals surface area contributed by atoms with E-state index in [-0.39, 0.29) is 0 Å². The number of nitrogens with two attached hydrogens (primary N) is 1. The number of benzene rings is 2. The Bertz CT molecular complexity index is 987. The average Bonchev–Trinajstić information content (AvgIpc) is 3.10.